The first kappa shape index (κ1) is 22.6. The van der Waals surface area contributed by atoms with Gasteiger partial charge in [-0.3, -0.25) is 14.5 Å². The summed E-state index contributed by atoms with van der Waals surface area (Å²) in [5.74, 6) is -0.493. The van der Waals surface area contributed by atoms with E-state index in [2.05, 4.69) is 0 Å². The molecular formula is C26H20ClNO7. The van der Waals surface area contributed by atoms with E-state index < -0.39 is 23.5 Å². The third-order valence-corrected chi connectivity index (χ3v) is 6.22. The molecule has 0 saturated carbocycles. The van der Waals surface area contributed by atoms with Crippen LogP contribution in [-0.4, -0.2) is 37.8 Å². The average molecular weight is 494 g/mol. The topological polar surface area (TPSA) is 94.5 Å². The van der Waals surface area contributed by atoms with Crippen molar-refractivity contribution < 1.29 is 33.6 Å². The van der Waals surface area contributed by atoms with Crippen LogP contribution < -0.4 is 23.8 Å². The highest BCUT2D eigenvalue weighted by atomic mass is 35.5. The van der Waals surface area contributed by atoms with Gasteiger partial charge in [0.2, 0.25) is 6.79 Å². The van der Waals surface area contributed by atoms with Crippen molar-refractivity contribution >= 4 is 34.7 Å². The molecule has 3 aromatic rings. The number of amides is 1. The number of hydrogen-bond donors (Lipinski definition) is 1. The van der Waals surface area contributed by atoms with Gasteiger partial charge in [0.1, 0.15) is 17.3 Å². The summed E-state index contributed by atoms with van der Waals surface area (Å²) in [6.07, 6.45) is 0. The zero-order valence-electron chi connectivity index (χ0n) is 18.8. The van der Waals surface area contributed by atoms with E-state index in [-0.39, 0.29) is 28.7 Å². The lowest BCUT2D eigenvalue weighted by Gasteiger charge is -2.25. The highest BCUT2D eigenvalue weighted by molar-refractivity contribution is 6.51. The molecule has 35 heavy (non-hydrogen) atoms. The lowest BCUT2D eigenvalue weighted by molar-refractivity contribution is -0.132. The number of hydrogen-bond acceptors (Lipinski definition) is 7. The van der Waals surface area contributed by atoms with Crippen LogP contribution in [-0.2, 0) is 9.59 Å². The average Bonchev–Trinajstić information content (AvgIpc) is 3.45. The minimum atomic E-state index is -0.915. The number of methoxy groups -OCH3 is 2. The summed E-state index contributed by atoms with van der Waals surface area (Å²) in [4.78, 5) is 28.0. The van der Waals surface area contributed by atoms with Crippen molar-refractivity contribution in [1.29, 1.82) is 0 Å². The Morgan fingerprint density at radius 2 is 1.69 bits per heavy atom. The summed E-state index contributed by atoms with van der Waals surface area (Å²) >= 11 is 6.30. The summed E-state index contributed by atoms with van der Waals surface area (Å²) in [5, 5.41) is 11.6. The molecule has 9 heteroatoms. The van der Waals surface area contributed by atoms with Gasteiger partial charge in [-0.15, -0.1) is 0 Å². The molecule has 1 amide bonds. The number of benzene rings is 3. The smallest absolute Gasteiger partial charge is 0.300 e. The molecule has 0 radical (unpaired) electrons. The largest absolute Gasteiger partial charge is 0.507 e. The number of ether oxygens (including phenoxy) is 4. The first-order chi connectivity index (χ1) is 16.9. The highest BCUT2D eigenvalue weighted by Crippen LogP contribution is 2.46. The van der Waals surface area contributed by atoms with Crippen LogP contribution in [0, 0.1) is 0 Å². The second-order valence-corrected chi connectivity index (χ2v) is 8.21. The predicted octanol–water partition coefficient (Wildman–Crippen LogP) is 4.71. The van der Waals surface area contributed by atoms with Crippen molar-refractivity contribution in [2.45, 2.75) is 6.04 Å². The standard InChI is InChI=1S/C26H20ClNO7/c1-32-19-12-20(33-2)17(27)11-16(19)24(29)22-23(14-6-4-3-5-7-14)28(26(31)25(22)30)15-8-9-18-21(10-15)35-13-34-18/h3-12,23,29H,13H2,1-2H3/b24-22+. The fourth-order valence-electron chi connectivity index (χ4n) is 4.27. The number of anilines is 1. The Hall–Kier alpha value is -4.17. The number of carbonyl (C=O) groups is 2. The molecular weight excluding hydrogens is 474 g/mol. The number of fused-ring (bicyclic) bond motifs is 1. The maximum Gasteiger partial charge on any atom is 0.300 e. The molecule has 5 rings (SSSR count). The zero-order valence-corrected chi connectivity index (χ0v) is 19.5. The first-order valence-corrected chi connectivity index (χ1v) is 11.0. The summed E-state index contributed by atoms with van der Waals surface area (Å²) in [7, 11) is 2.87. The van der Waals surface area contributed by atoms with Gasteiger partial charge in [0, 0.05) is 17.8 Å². The van der Waals surface area contributed by atoms with Crippen LogP contribution in [0.25, 0.3) is 5.76 Å². The predicted molar refractivity (Wildman–Crippen MR) is 128 cm³/mol. The van der Waals surface area contributed by atoms with Crippen molar-refractivity contribution in [1.82, 2.24) is 0 Å². The monoisotopic (exact) mass is 493 g/mol. The van der Waals surface area contributed by atoms with E-state index in [0.29, 0.717) is 28.5 Å². The van der Waals surface area contributed by atoms with E-state index in [1.54, 1.807) is 42.5 Å². The Morgan fingerprint density at radius 1 is 0.971 bits per heavy atom. The molecule has 1 saturated heterocycles. The molecule has 0 aromatic heterocycles. The van der Waals surface area contributed by atoms with Crippen LogP contribution in [0.2, 0.25) is 5.02 Å². The number of ketones is 1. The lowest BCUT2D eigenvalue weighted by atomic mass is 9.94. The summed E-state index contributed by atoms with van der Waals surface area (Å²) in [5.41, 5.74) is 1.11. The number of aliphatic hydroxyl groups excluding tert-OH is 1. The second-order valence-electron chi connectivity index (χ2n) is 7.80. The SMILES string of the molecule is COc1cc(OC)c(/C(O)=C2\C(=O)C(=O)N(c3ccc4c(c3)OCO4)C2c2ccccc2)cc1Cl. The molecule has 2 heterocycles. The number of Topliss-reactive ketones (excluding diaryl/α,β-unsaturated/α-hetero) is 1. The normalized spacial score (nSPS) is 18.1. The minimum Gasteiger partial charge on any atom is -0.507 e. The van der Waals surface area contributed by atoms with E-state index in [0.717, 1.165) is 0 Å². The van der Waals surface area contributed by atoms with Gasteiger partial charge < -0.3 is 24.1 Å². The molecule has 8 nitrogen and oxygen atoms in total. The first-order valence-electron chi connectivity index (χ1n) is 10.6. The number of carbonyl (C=O) groups excluding carboxylic acids is 2. The molecule has 1 atom stereocenters. The second kappa shape index (κ2) is 8.88. The van der Waals surface area contributed by atoms with Gasteiger partial charge in [-0.2, -0.15) is 0 Å². The molecule has 0 aliphatic carbocycles. The van der Waals surface area contributed by atoms with Crippen molar-refractivity contribution in [3.8, 4) is 23.0 Å². The molecule has 0 spiro atoms. The van der Waals surface area contributed by atoms with Crippen LogP contribution in [0.1, 0.15) is 17.2 Å². The van der Waals surface area contributed by atoms with Gasteiger partial charge in [0.25, 0.3) is 11.7 Å². The van der Waals surface area contributed by atoms with E-state index in [1.165, 1.54) is 31.3 Å². The summed E-state index contributed by atoms with van der Waals surface area (Å²) in [6, 6.07) is 16.0. The Bertz CT molecular complexity index is 1370. The quantitative estimate of drug-likeness (QED) is 0.312. The Kier molecular flexibility index (Phi) is 5.74. The van der Waals surface area contributed by atoms with Gasteiger partial charge in [-0.05, 0) is 23.8 Å². The fraction of sp³-hybridized carbons (Fsp3) is 0.154. The van der Waals surface area contributed by atoms with E-state index >= 15 is 0 Å². The van der Waals surface area contributed by atoms with Gasteiger partial charge >= 0.3 is 0 Å². The van der Waals surface area contributed by atoms with Gasteiger partial charge in [-0.1, -0.05) is 41.9 Å². The minimum absolute atomic E-state index is 0.0672. The molecule has 178 valence electrons. The molecule has 1 N–H and O–H groups in total. The third kappa shape index (κ3) is 3.72. The Balaban J connectivity index is 1.72. The van der Waals surface area contributed by atoms with Gasteiger partial charge in [-0.25, -0.2) is 0 Å². The van der Waals surface area contributed by atoms with Crippen molar-refractivity contribution in [3.63, 3.8) is 0 Å². The van der Waals surface area contributed by atoms with Crippen LogP contribution >= 0.6 is 11.6 Å². The van der Waals surface area contributed by atoms with E-state index in [4.69, 9.17) is 30.5 Å². The van der Waals surface area contributed by atoms with Crippen LogP contribution in [0.5, 0.6) is 23.0 Å². The summed E-state index contributed by atoms with van der Waals surface area (Å²) < 4.78 is 21.5. The fourth-order valence-corrected chi connectivity index (χ4v) is 4.52. The summed E-state index contributed by atoms with van der Waals surface area (Å²) in [6.45, 7) is 0.0672. The van der Waals surface area contributed by atoms with Crippen LogP contribution in [0.3, 0.4) is 0 Å². The maximum atomic E-state index is 13.4. The number of nitrogens with zero attached hydrogens (tertiary/aromatic N) is 1. The third-order valence-electron chi connectivity index (χ3n) is 5.92. The maximum absolute atomic E-state index is 13.4. The molecule has 0 bridgehead atoms. The van der Waals surface area contributed by atoms with Crippen molar-refractivity contribution in [3.05, 3.63) is 82.4 Å². The zero-order chi connectivity index (χ0) is 24.7. The molecule has 1 fully saturated rings. The van der Waals surface area contributed by atoms with Gasteiger partial charge in [0.05, 0.1) is 36.4 Å². The van der Waals surface area contributed by atoms with Crippen molar-refractivity contribution in [2.75, 3.05) is 25.9 Å². The Labute approximate surface area is 205 Å². The van der Waals surface area contributed by atoms with Crippen LogP contribution in [0.15, 0.2) is 66.2 Å². The molecule has 3 aromatic carbocycles. The van der Waals surface area contributed by atoms with E-state index in [1.807, 2.05) is 6.07 Å². The highest BCUT2D eigenvalue weighted by Gasteiger charge is 2.47. The number of aliphatic hydroxyl groups is 1. The van der Waals surface area contributed by atoms with Crippen molar-refractivity contribution in [2.24, 2.45) is 0 Å². The lowest BCUT2D eigenvalue weighted by Crippen LogP contribution is -2.29. The van der Waals surface area contributed by atoms with E-state index in [9.17, 15) is 14.7 Å². The Morgan fingerprint density at radius 3 is 2.40 bits per heavy atom. The molecule has 2 aliphatic heterocycles. The van der Waals surface area contributed by atoms with Gasteiger partial charge in [0.15, 0.2) is 11.5 Å². The van der Waals surface area contributed by atoms with Crippen LogP contribution in [0.4, 0.5) is 5.69 Å². The molecule has 2 aliphatic rings. The number of halogens is 1. The number of rotatable bonds is 5. The molecule has 1 unspecified atom stereocenters.